The molecule has 28 heavy (non-hydrogen) atoms. The van der Waals surface area contributed by atoms with Crippen LogP contribution in [0.4, 0.5) is 5.69 Å². The molecule has 1 aromatic carbocycles. The minimum atomic E-state index is -0.255. The van der Waals surface area contributed by atoms with E-state index >= 15 is 0 Å². The van der Waals surface area contributed by atoms with Gasteiger partial charge in [0.25, 0.3) is 5.91 Å². The van der Waals surface area contributed by atoms with Gasteiger partial charge in [-0.3, -0.25) is 9.59 Å². The average molecular weight is 378 g/mol. The van der Waals surface area contributed by atoms with Crippen LogP contribution in [-0.4, -0.2) is 50.6 Å². The van der Waals surface area contributed by atoms with Crippen LogP contribution in [0, 0.1) is 11.3 Å². The molecule has 144 valence electrons. The first-order valence-corrected chi connectivity index (χ1v) is 9.62. The predicted molar refractivity (Wildman–Crippen MR) is 102 cm³/mol. The highest BCUT2D eigenvalue weighted by Crippen LogP contribution is 2.25. The third-order valence-corrected chi connectivity index (χ3v) is 5.46. The number of rotatable bonds is 2. The molecule has 8 heteroatoms. The number of aryl methyl sites for hydroxylation is 1. The Morgan fingerprint density at radius 1 is 1.21 bits per heavy atom. The molecule has 2 amide bonds. The lowest BCUT2D eigenvalue weighted by molar-refractivity contribution is -0.121. The van der Waals surface area contributed by atoms with Gasteiger partial charge in [0.15, 0.2) is 0 Å². The number of piperazine rings is 1. The summed E-state index contributed by atoms with van der Waals surface area (Å²) in [6.45, 7) is 2.94. The Bertz CT molecular complexity index is 960. The first-order valence-electron chi connectivity index (χ1n) is 9.62. The molecule has 3 heterocycles. The van der Waals surface area contributed by atoms with Crippen molar-refractivity contribution in [2.24, 2.45) is 0 Å². The van der Waals surface area contributed by atoms with Crippen molar-refractivity contribution < 1.29 is 9.59 Å². The number of nitrogens with zero attached hydrogens (tertiary/aromatic N) is 6. The number of amides is 2. The zero-order valence-corrected chi connectivity index (χ0v) is 15.8. The van der Waals surface area contributed by atoms with Gasteiger partial charge in [0.2, 0.25) is 11.7 Å². The molecule has 0 bridgehead atoms. The van der Waals surface area contributed by atoms with E-state index in [9.17, 15) is 14.9 Å². The number of hydrogen-bond acceptors (Lipinski definition) is 5. The summed E-state index contributed by atoms with van der Waals surface area (Å²) in [6.07, 6.45) is 3.99. The van der Waals surface area contributed by atoms with Crippen molar-refractivity contribution in [3.63, 3.8) is 0 Å². The smallest absolute Gasteiger partial charge is 0.292 e. The molecule has 2 aliphatic heterocycles. The van der Waals surface area contributed by atoms with Crippen LogP contribution in [0.5, 0.6) is 0 Å². The minimum absolute atomic E-state index is 0.0397. The molecule has 4 rings (SSSR count). The molecule has 1 aromatic heterocycles. The van der Waals surface area contributed by atoms with Gasteiger partial charge in [0.05, 0.1) is 11.3 Å². The van der Waals surface area contributed by atoms with Crippen molar-refractivity contribution >= 4 is 17.5 Å². The molecule has 1 fully saturated rings. The fraction of sp³-hybridized carbons (Fsp3) is 0.450. The van der Waals surface area contributed by atoms with Gasteiger partial charge in [-0.2, -0.15) is 5.26 Å². The summed E-state index contributed by atoms with van der Waals surface area (Å²) in [5.74, 6) is 0.711. The number of carbonyl (C=O) groups is 2. The van der Waals surface area contributed by atoms with Crippen molar-refractivity contribution in [1.82, 2.24) is 19.7 Å². The Morgan fingerprint density at radius 2 is 2.04 bits per heavy atom. The number of carbonyl (C=O) groups excluding carboxylic acids is 2. The quantitative estimate of drug-likeness (QED) is 0.793. The summed E-state index contributed by atoms with van der Waals surface area (Å²) >= 11 is 0. The van der Waals surface area contributed by atoms with Crippen LogP contribution in [0.2, 0.25) is 0 Å². The topological polar surface area (TPSA) is 95.1 Å². The van der Waals surface area contributed by atoms with Crippen LogP contribution in [-0.2, 0) is 17.8 Å². The first kappa shape index (κ1) is 18.2. The highest BCUT2D eigenvalue weighted by molar-refractivity contribution is 6.01. The number of hydrogen-bond donors (Lipinski definition) is 0. The number of anilines is 1. The lowest BCUT2D eigenvalue weighted by Gasteiger charge is -2.39. The van der Waals surface area contributed by atoms with E-state index < -0.39 is 0 Å². The summed E-state index contributed by atoms with van der Waals surface area (Å²) < 4.78 is 1.91. The largest absolute Gasteiger partial charge is 0.322 e. The van der Waals surface area contributed by atoms with Gasteiger partial charge in [-0.05, 0) is 31.9 Å². The zero-order chi connectivity index (χ0) is 19.7. The van der Waals surface area contributed by atoms with Crippen LogP contribution in [0.1, 0.15) is 48.2 Å². The summed E-state index contributed by atoms with van der Waals surface area (Å²) in [6, 6.07) is 8.96. The first-order chi connectivity index (χ1) is 13.6. The van der Waals surface area contributed by atoms with Crippen LogP contribution >= 0.6 is 0 Å². The van der Waals surface area contributed by atoms with E-state index in [1.54, 1.807) is 34.1 Å². The normalized spacial score (nSPS) is 19.7. The molecule has 0 radical (unpaired) electrons. The van der Waals surface area contributed by atoms with Gasteiger partial charge in [0, 0.05) is 25.6 Å². The van der Waals surface area contributed by atoms with Crippen molar-refractivity contribution in [3.05, 3.63) is 41.5 Å². The number of fused-ring (bicyclic) bond motifs is 1. The summed E-state index contributed by atoms with van der Waals surface area (Å²) in [5, 5.41) is 17.7. The number of aromatic nitrogens is 3. The summed E-state index contributed by atoms with van der Waals surface area (Å²) in [5.41, 5.74) is 1.04. The predicted octanol–water partition coefficient (Wildman–Crippen LogP) is 1.75. The molecule has 1 atom stereocenters. The van der Waals surface area contributed by atoms with Gasteiger partial charge in [-0.1, -0.05) is 18.6 Å². The highest BCUT2D eigenvalue weighted by Gasteiger charge is 2.36. The molecule has 2 aliphatic rings. The number of nitriles is 1. The fourth-order valence-electron chi connectivity index (χ4n) is 3.93. The molecule has 2 aromatic rings. The van der Waals surface area contributed by atoms with E-state index in [4.69, 9.17) is 0 Å². The number of para-hydroxylation sites is 1. The summed E-state index contributed by atoms with van der Waals surface area (Å²) in [7, 11) is 0. The molecule has 1 unspecified atom stereocenters. The maximum absolute atomic E-state index is 13.1. The van der Waals surface area contributed by atoms with E-state index in [-0.39, 0.29) is 24.4 Å². The Balaban J connectivity index is 1.57. The Kier molecular flexibility index (Phi) is 4.82. The lowest BCUT2D eigenvalue weighted by Crippen LogP contribution is -2.57. The molecular weight excluding hydrogens is 356 g/mol. The van der Waals surface area contributed by atoms with E-state index in [1.807, 2.05) is 11.5 Å². The van der Waals surface area contributed by atoms with Crippen molar-refractivity contribution in [1.29, 1.82) is 5.26 Å². The highest BCUT2D eigenvalue weighted by atomic mass is 16.2. The van der Waals surface area contributed by atoms with E-state index in [0.29, 0.717) is 23.6 Å². The third kappa shape index (κ3) is 3.13. The van der Waals surface area contributed by atoms with Gasteiger partial charge in [0.1, 0.15) is 18.4 Å². The molecule has 0 saturated carbocycles. The Morgan fingerprint density at radius 3 is 2.86 bits per heavy atom. The number of benzene rings is 1. The van der Waals surface area contributed by atoms with Crippen molar-refractivity contribution in [2.75, 3.05) is 18.0 Å². The van der Waals surface area contributed by atoms with Gasteiger partial charge < -0.3 is 14.4 Å². The van der Waals surface area contributed by atoms with Crippen LogP contribution in [0.15, 0.2) is 24.3 Å². The SMILES string of the molecule is CC1CN(c2ccccc2C#N)C(=O)CN1C(=O)c1nnc2n1CCCCC2. The molecule has 0 spiro atoms. The van der Waals surface area contributed by atoms with E-state index in [2.05, 4.69) is 16.3 Å². The second-order valence-corrected chi connectivity index (χ2v) is 7.32. The van der Waals surface area contributed by atoms with Crippen molar-refractivity contribution in [3.8, 4) is 6.07 Å². The monoisotopic (exact) mass is 378 g/mol. The maximum atomic E-state index is 13.1. The molecule has 1 saturated heterocycles. The lowest BCUT2D eigenvalue weighted by atomic mass is 10.1. The second-order valence-electron chi connectivity index (χ2n) is 7.32. The van der Waals surface area contributed by atoms with Gasteiger partial charge >= 0.3 is 0 Å². The summed E-state index contributed by atoms with van der Waals surface area (Å²) in [4.78, 5) is 29.1. The Hall–Kier alpha value is -3.21. The van der Waals surface area contributed by atoms with Gasteiger partial charge in [-0.25, -0.2) is 0 Å². The zero-order valence-electron chi connectivity index (χ0n) is 15.8. The van der Waals surface area contributed by atoms with Gasteiger partial charge in [-0.15, -0.1) is 10.2 Å². The van der Waals surface area contributed by atoms with Crippen LogP contribution in [0.3, 0.4) is 0 Å². The van der Waals surface area contributed by atoms with E-state index in [0.717, 1.165) is 38.1 Å². The molecular formula is C20H22N6O2. The average Bonchev–Trinajstić information content (AvgIpc) is 2.97. The standard InChI is InChI=1S/C20H22N6O2/c1-14-12-26(16-8-5-4-7-15(16)11-21)18(27)13-25(14)20(28)19-23-22-17-9-3-2-6-10-24(17)19/h4-5,7-8,14H,2-3,6,9-10,12-13H2,1H3. The molecule has 0 N–H and O–H groups in total. The van der Waals surface area contributed by atoms with Crippen LogP contribution < -0.4 is 4.90 Å². The molecule has 8 nitrogen and oxygen atoms in total. The van der Waals surface area contributed by atoms with E-state index in [1.165, 1.54) is 0 Å². The molecule has 0 aliphatic carbocycles. The second kappa shape index (κ2) is 7.43. The maximum Gasteiger partial charge on any atom is 0.292 e. The Labute approximate surface area is 163 Å². The van der Waals surface area contributed by atoms with Crippen LogP contribution in [0.25, 0.3) is 0 Å². The third-order valence-electron chi connectivity index (χ3n) is 5.46. The minimum Gasteiger partial charge on any atom is -0.322 e. The fourth-order valence-corrected chi connectivity index (χ4v) is 3.93. The van der Waals surface area contributed by atoms with Crippen molar-refractivity contribution in [2.45, 2.75) is 45.2 Å².